The molecule has 0 aromatic carbocycles. The molecule has 100 valence electrons. The Morgan fingerprint density at radius 2 is 2.17 bits per heavy atom. The highest BCUT2D eigenvalue weighted by Crippen LogP contribution is 1.94. The first-order chi connectivity index (χ1) is 8.68. The summed E-state index contributed by atoms with van der Waals surface area (Å²) < 4.78 is 0. The fourth-order valence-electron chi connectivity index (χ4n) is 1.60. The van der Waals surface area contributed by atoms with Gasteiger partial charge in [0.15, 0.2) is 0 Å². The molecule has 0 saturated carbocycles. The molecule has 0 spiro atoms. The molecule has 0 fully saturated rings. The molecule has 0 aliphatic carbocycles. The Hall–Kier alpha value is -1.42. The van der Waals surface area contributed by atoms with E-state index in [1.165, 1.54) is 0 Å². The summed E-state index contributed by atoms with van der Waals surface area (Å²) in [5.74, 6) is 0.122. The van der Waals surface area contributed by atoms with Crippen LogP contribution in [0.2, 0.25) is 0 Å². The molecule has 0 bridgehead atoms. The molecule has 1 aromatic rings. The van der Waals surface area contributed by atoms with Crippen molar-refractivity contribution in [3.05, 3.63) is 30.1 Å². The molecular formula is C14H23N3O. The quantitative estimate of drug-likeness (QED) is 0.687. The van der Waals surface area contributed by atoms with E-state index < -0.39 is 0 Å². The summed E-state index contributed by atoms with van der Waals surface area (Å²) >= 11 is 0. The molecule has 1 heterocycles. The van der Waals surface area contributed by atoms with Crippen LogP contribution in [0, 0.1) is 0 Å². The lowest BCUT2D eigenvalue weighted by molar-refractivity contribution is -0.121. The van der Waals surface area contributed by atoms with E-state index in [4.69, 9.17) is 0 Å². The topological polar surface area (TPSA) is 54.0 Å². The Morgan fingerprint density at radius 1 is 1.33 bits per heavy atom. The standard InChI is InChI=1S/C14H23N3O/c1-12(2)15-10-5-7-14(18)17-11-8-13-6-3-4-9-16-13/h3-4,6,9,12,15H,5,7-8,10-11H2,1-2H3,(H,17,18). The highest BCUT2D eigenvalue weighted by molar-refractivity contribution is 5.75. The first kappa shape index (κ1) is 14.6. The number of pyridine rings is 1. The van der Waals surface area contributed by atoms with Gasteiger partial charge in [0.2, 0.25) is 5.91 Å². The maximum atomic E-state index is 11.5. The molecule has 0 radical (unpaired) electrons. The lowest BCUT2D eigenvalue weighted by Gasteiger charge is -2.08. The van der Waals surface area contributed by atoms with Gasteiger partial charge in [0.05, 0.1) is 0 Å². The van der Waals surface area contributed by atoms with Gasteiger partial charge in [0.1, 0.15) is 0 Å². The Kier molecular flexibility index (Phi) is 7.03. The number of nitrogens with zero attached hydrogens (tertiary/aromatic N) is 1. The van der Waals surface area contributed by atoms with Crippen LogP contribution in [0.25, 0.3) is 0 Å². The van der Waals surface area contributed by atoms with Crippen molar-refractivity contribution in [1.82, 2.24) is 15.6 Å². The zero-order chi connectivity index (χ0) is 13.2. The van der Waals surface area contributed by atoms with Crippen LogP contribution in [0.4, 0.5) is 0 Å². The fourth-order valence-corrected chi connectivity index (χ4v) is 1.60. The van der Waals surface area contributed by atoms with Crippen molar-refractivity contribution < 1.29 is 4.79 Å². The van der Waals surface area contributed by atoms with Crippen LogP contribution >= 0.6 is 0 Å². The van der Waals surface area contributed by atoms with Gasteiger partial charge in [-0.05, 0) is 25.1 Å². The second-order valence-corrected chi connectivity index (χ2v) is 4.63. The van der Waals surface area contributed by atoms with Crippen LogP contribution in [0.1, 0.15) is 32.4 Å². The molecule has 1 rings (SSSR count). The summed E-state index contributed by atoms with van der Waals surface area (Å²) in [4.78, 5) is 15.7. The maximum Gasteiger partial charge on any atom is 0.220 e. The Bertz CT molecular complexity index is 338. The van der Waals surface area contributed by atoms with E-state index in [2.05, 4.69) is 29.5 Å². The third kappa shape index (κ3) is 7.01. The maximum absolute atomic E-state index is 11.5. The number of amides is 1. The predicted molar refractivity (Wildman–Crippen MR) is 73.3 cm³/mol. The summed E-state index contributed by atoms with van der Waals surface area (Å²) in [7, 11) is 0. The summed E-state index contributed by atoms with van der Waals surface area (Å²) in [6.45, 7) is 5.76. The molecule has 1 amide bonds. The molecule has 4 nitrogen and oxygen atoms in total. The molecule has 2 N–H and O–H groups in total. The molecule has 0 atom stereocenters. The molecule has 0 aliphatic rings. The van der Waals surface area contributed by atoms with E-state index in [1.807, 2.05) is 18.2 Å². The smallest absolute Gasteiger partial charge is 0.220 e. The first-order valence-corrected chi connectivity index (χ1v) is 6.58. The number of hydrogen-bond acceptors (Lipinski definition) is 3. The van der Waals surface area contributed by atoms with Crippen molar-refractivity contribution in [1.29, 1.82) is 0 Å². The SMILES string of the molecule is CC(C)NCCCC(=O)NCCc1ccccn1. The third-order valence-electron chi connectivity index (χ3n) is 2.56. The van der Waals surface area contributed by atoms with Crippen molar-refractivity contribution in [2.24, 2.45) is 0 Å². The van der Waals surface area contributed by atoms with Gasteiger partial charge < -0.3 is 10.6 Å². The second kappa shape index (κ2) is 8.64. The molecule has 0 saturated heterocycles. The van der Waals surface area contributed by atoms with Crippen molar-refractivity contribution in [2.45, 2.75) is 39.2 Å². The summed E-state index contributed by atoms with van der Waals surface area (Å²) in [5.41, 5.74) is 1.01. The van der Waals surface area contributed by atoms with Crippen LogP contribution in [0.5, 0.6) is 0 Å². The number of hydrogen-bond donors (Lipinski definition) is 2. The Balaban J connectivity index is 2.03. The number of aromatic nitrogens is 1. The number of carbonyl (C=O) groups excluding carboxylic acids is 1. The van der Waals surface area contributed by atoms with Crippen LogP contribution in [-0.2, 0) is 11.2 Å². The van der Waals surface area contributed by atoms with Crippen LogP contribution < -0.4 is 10.6 Å². The van der Waals surface area contributed by atoms with Crippen molar-refractivity contribution in [2.75, 3.05) is 13.1 Å². The van der Waals surface area contributed by atoms with Crippen LogP contribution in [-0.4, -0.2) is 30.0 Å². The predicted octanol–water partition coefficient (Wildman–Crippen LogP) is 1.52. The van der Waals surface area contributed by atoms with E-state index in [-0.39, 0.29) is 5.91 Å². The van der Waals surface area contributed by atoms with Gasteiger partial charge in [0.25, 0.3) is 0 Å². The van der Waals surface area contributed by atoms with Crippen LogP contribution in [0.3, 0.4) is 0 Å². The van der Waals surface area contributed by atoms with Gasteiger partial charge >= 0.3 is 0 Å². The lowest BCUT2D eigenvalue weighted by atomic mass is 10.2. The van der Waals surface area contributed by atoms with E-state index in [0.29, 0.717) is 19.0 Å². The molecule has 18 heavy (non-hydrogen) atoms. The van der Waals surface area contributed by atoms with E-state index >= 15 is 0 Å². The average Bonchev–Trinajstić information content (AvgIpc) is 2.36. The van der Waals surface area contributed by atoms with Crippen molar-refractivity contribution in [3.63, 3.8) is 0 Å². The second-order valence-electron chi connectivity index (χ2n) is 4.63. The molecule has 1 aromatic heterocycles. The van der Waals surface area contributed by atoms with Gasteiger partial charge in [0, 0.05) is 37.3 Å². The molecular weight excluding hydrogens is 226 g/mol. The fraction of sp³-hybridized carbons (Fsp3) is 0.571. The zero-order valence-corrected chi connectivity index (χ0v) is 11.3. The normalized spacial score (nSPS) is 10.6. The molecule has 0 aliphatic heterocycles. The van der Waals surface area contributed by atoms with Gasteiger partial charge in [-0.25, -0.2) is 0 Å². The minimum absolute atomic E-state index is 0.122. The summed E-state index contributed by atoms with van der Waals surface area (Å²) in [5, 5.41) is 6.21. The van der Waals surface area contributed by atoms with E-state index in [0.717, 1.165) is 25.1 Å². The molecule has 0 unspecified atom stereocenters. The minimum Gasteiger partial charge on any atom is -0.356 e. The van der Waals surface area contributed by atoms with Crippen molar-refractivity contribution in [3.8, 4) is 0 Å². The lowest BCUT2D eigenvalue weighted by Crippen LogP contribution is -2.28. The Labute approximate surface area is 109 Å². The van der Waals surface area contributed by atoms with Gasteiger partial charge in [-0.2, -0.15) is 0 Å². The largest absolute Gasteiger partial charge is 0.356 e. The Morgan fingerprint density at radius 3 is 2.83 bits per heavy atom. The summed E-state index contributed by atoms with van der Waals surface area (Å²) in [6.07, 6.45) is 4.03. The number of nitrogens with one attached hydrogen (secondary N) is 2. The van der Waals surface area contributed by atoms with E-state index in [9.17, 15) is 4.79 Å². The van der Waals surface area contributed by atoms with Crippen LogP contribution in [0.15, 0.2) is 24.4 Å². The van der Waals surface area contributed by atoms with Gasteiger partial charge in [-0.3, -0.25) is 9.78 Å². The highest BCUT2D eigenvalue weighted by Gasteiger charge is 2.01. The van der Waals surface area contributed by atoms with E-state index in [1.54, 1.807) is 6.20 Å². The summed E-state index contributed by atoms with van der Waals surface area (Å²) in [6, 6.07) is 6.31. The zero-order valence-electron chi connectivity index (χ0n) is 11.3. The minimum atomic E-state index is 0.122. The average molecular weight is 249 g/mol. The molecule has 4 heteroatoms. The number of rotatable bonds is 8. The van der Waals surface area contributed by atoms with Crippen molar-refractivity contribution >= 4 is 5.91 Å². The monoisotopic (exact) mass is 249 g/mol. The van der Waals surface area contributed by atoms with Gasteiger partial charge in [-0.15, -0.1) is 0 Å². The van der Waals surface area contributed by atoms with Gasteiger partial charge in [-0.1, -0.05) is 19.9 Å². The number of carbonyl (C=O) groups is 1. The third-order valence-corrected chi connectivity index (χ3v) is 2.56. The first-order valence-electron chi connectivity index (χ1n) is 6.58. The highest BCUT2D eigenvalue weighted by atomic mass is 16.1.